The standard InChI is InChI=1S/C59H91N7O12/c1-52(28-67)17-18-57(51(75)76)22-33(20-34-25-62-30-64-34)59-14-8-13-58(16-9-36(59)39(57)23-52)54(59,3)15-10-42-53(2,29-68)47(78-49-46(72)45(71)41(69)27-77-49)44(70)38(55(42,58)4)21-37-43(66-50(74)56(37)11-6-7-12-56)35(40-26-63-31-65-40)19-32(24-61-5)48(60)73/h9,25-26,30-33,35,37-39,41-49,61,67-73H,6-8,10-24,27-29,60H2,1-5H3,(H,62,64)(H,63,65)(H,66,74)(H,75,76). The molecule has 22 unspecified atom stereocenters. The SMILES string of the molecule is CNCC(CC(c1cnc[nH]1)C1NC(=O)C2(CCCC2)C1CC1C(O)C(OC2OCC(O)C(O)C2O)C(C)(CO)C2CCC3(C)C45CCCC3(CC=C4C3CC(C)(CO)CCC3(C(=O)O)CC5Cc3cnc[nH]3)C12C)C(N)O. The number of imidazole rings is 2. The zero-order valence-electron chi connectivity index (χ0n) is 46.6. The highest BCUT2D eigenvalue weighted by molar-refractivity contribution is 5.86. The van der Waals surface area contributed by atoms with Crippen LogP contribution in [0.3, 0.4) is 0 Å². The fraction of sp³-hybridized carbons (Fsp3) is 0.831. The second-order valence-electron chi connectivity index (χ2n) is 27.8. The molecular formula is C59H91N7O12. The number of aliphatic hydroxyl groups excluding tert-OH is 7. The van der Waals surface area contributed by atoms with Gasteiger partial charge in [0.05, 0.1) is 48.9 Å². The largest absolute Gasteiger partial charge is 0.481 e. The Hall–Kier alpha value is -3.34. The number of rotatable bonds is 16. The minimum Gasteiger partial charge on any atom is -0.481 e. The molecule has 9 aliphatic rings. The zero-order valence-corrected chi connectivity index (χ0v) is 46.6. The number of allylic oxidation sites excluding steroid dienone is 2. The van der Waals surface area contributed by atoms with Crippen LogP contribution in [0.15, 0.2) is 36.7 Å². The lowest BCUT2D eigenvalue weighted by molar-refractivity contribution is -0.361. The summed E-state index contributed by atoms with van der Waals surface area (Å²) in [6, 6.07) is -0.481. The summed E-state index contributed by atoms with van der Waals surface area (Å²) in [6.45, 7) is 8.64. The Kier molecular flexibility index (Phi) is 14.7. The molecule has 19 nitrogen and oxygen atoms in total. The first kappa shape index (κ1) is 56.5. The van der Waals surface area contributed by atoms with Crippen LogP contribution in [0.1, 0.15) is 148 Å². The molecule has 8 fully saturated rings. The summed E-state index contributed by atoms with van der Waals surface area (Å²) in [5.41, 5.74) is 3.49. The minimum absolute atomic E-state index is 0.0223. The van der Waals surface area contributed by atoms with Gasteiger partial charge in [-0.2, -0.15) is 0 Å². The van der Waals surface area contributed by atoms with Crippen LogP contribution in [0, 0.1) is 78.8 Å². The Morgan fingerprint density at radius 3 is 2.31 bits per heavy atom. The van der Waals surface area contributed by atoms with Gasteiger partial charge >= 0.3 is 5.97 Å². The van der Waals surface area contributed by atoms with E-state index in [0.29, 0.717) is 77.2 Å². The quantitative estimate of drug-likeness (QED) is 0.0648. The Labute approximate surface area is 458 Å². The number of aliphatic hydroxyl groups is 7. The molecule has 2 aliphatic heterocycles. The number of nitrogens with one attached hydrogen (secondary N) is 4. The topological polar surface area (TPSA) is 322 Å². The highest BCUT2D eigenvalue weighted by Crippen LogP contribution is 2.86. The third kappa shape index (κ3) is 7.88. The summed E-state index contributed by atoms with van der Waals surface area (Å²) < 4.78 is 12.9. The number of aromatic nitrogens is 4. The minimum atomic E-state index is -1.66. The van der Waals surface area contributed by atoms with Crippen molar-refractivity contribution in [2.75, 3.05) is 33.4 Å². The number of aliphatic carboxylic acids is 1. The van der Waals surface area contributed by atoms with Crippen molar-refractivity contribution < 1.29 is 59.9 Å². The number of carboxylic acids is 1. The van der Waals surface area contributed by atoms with Crippen molar-refractivity contribution in [3.05, 3.63) is 48.1 Å². The lowest BCUT2D eigenvalue weighted by Crippen LogP contribution is -2.78. The van der Waals surface area contributed by atoms with Crippen molar-refractivity contribution in [1.82, 2.24) is 30.6 Å². The number of nitrogens with zero attached hydrogens (tertiary/aromatic N) is 2. The van der Waals surface area contributed by atoms with Crippen LogP contribution in [0.5, 0.6) is 0 Å². The summed E-state index contributed by atoms with van der Waals surface area (Å²) in [5, 5.41) is 99.9. The first-order chi connectivity index (χ1) is 37.1. The first-order valence-electron chi connectivity index (χ1n) is 29.6. The summed E-state index contributed by atoms with van der Waals surface area (Å²) >= 11 is 0. The molecule has 2 aromatic rings. The Morgan fingerprint density at radius 2 is 1.65 bits per heavy atom. The lowest BCUT2D eigenvalue weighted by Gasteiger charge is -2.81. The van der Waals surface area contributed by atoms with Gasteiger partial charge in [-0.05, 0) is 148 Å². The van der Waals surface area contributed by atoms with Gasteiger partial charge in [0.25, 0.3) is 0 Å². The molecule has 2 aromatic heterocycles. The van der Waals surface area contributed by atoms with E-state index in [2.05, 4.69) is 57.4 Å². The molecule has 0 aromatic carbocycles. The molecule has 7 aliphatic carbocycles. The second-order valence-corrected chi connectivity index (χ2v) is 27.8. The summed E-state index contributed by atoms with van der Waals surface area (Å²) in [5.74, 6) is -3.27. The van der Waals surface area contributed by atoms with Crippen LogP contribution in [0.4, 0.5) is 0 Å². The number of fused-ring (bicyclic) bond motifs is 3. The summed E-state index contributed by atoms with van der Waals surface area (Å²) in [6.07, 6.45) is 10.7. The fourth-order valence-electron chi connectivity index (χ4n) is 21.1. The Bertz CT molecular complexity index is 2530. The van der Waals surface area contributed by atoms with Crippen molar-refractivity contribution in [3.63, 3.8) is 0 Å². The van der Waals surface area contributed by atoms with Crippen LogP contribution in [-0.2, 0) is 25.5 Å². The lowest BCUT2D eigenvalue weighted by atomic mass is 9.23. The molecule has 0 radical (unpaired) electrons. The molecule has 434 valence electrons. The Balaban J connectivity index is 1.12. The number of nitrogens with two attached hydrogens (primary N) is 1. The van der Waals surface area contributed by atoms with Crippen LogP contribution < -0.4 is 16.4 Å². The normalized spacial score (nSPS) is 46.7. The number of H-pyrrole nitrogens is 2. The van der Waals surface area contributed by atoms with Gasteiger partial charge in [-0.1, -0.05) is 58.6 Å². The number of carbonyl (C=O) groups is 2. The molecule has 6 saturated carbocycles. The van der Waals surface area contributed by atoms with Gasteiger partial charge in [0.2, 0.25) is 5.91 Å². The van der Waals surface area contributed by atoms with Gasteiger partial charge in [0, 0.05) is 65.6 Å². The number of aromatic amines is 2. The number of hydrogen-bond acceptors (Lipinski definition) is 15. The molecule has 2 bridgehead atoms. The molecule has 78 heavy (non-hydrogen) atoms. The molecule has 11 rings (SSSR count). The Morgan fingerprint density at radius 1 is 0.910 bits per heavy atom. The van der Waals surface area contributed by atoms with E-state index in [1.54, 1.807) is 18.9 Å². The van der Waals surface area contributed by atoms with E-state index in [1.165, 1.54) is 5.57 Å². The van der Waals surface area contributed by atoms with Crippen LogP contribution in [0.2, 0.25) is 0 Å². The third-order valence-corrected chi connectivity index (χ3v) is 24.9. The van der Waals surface area contributed by atoms with Crippen LogP contribution >= 0.6 is 0 Å². The second kappa shape index (κ2) is 20.2. The maximum atomic E-state index is 15.2. The fourth-order valence-corrected chi connectivity index (χ4v) is 21.1. The summed E-state index contributed by atoms with van der Waals surface area (Å²) in [4.78, 5) is 45.1. The van der Waals surface area contributed by atoms with E-state index in [1.807, 2.05) is 20.2 Å². The molecule has 1 amide bonds. The van der Waals surface area contributed by atoms with Gasteiger partial charge in [0.1, 0.15) is 24.5 Å². The number of ether oxygens (including phenoxy) is 2. The van der Waals surface area contributed by atoms with Gasteiger partial charge < -0.3 is 76.7 Å². The molecular weight excluding hydrogens is 999 g/mol. The van der Waals surface area contributed by atoms with Crippen LogP contribution in [0.25, 0.3) is 0 Å². The number of amides is 1. The molecule has 14 N–H and O–H groups in total. The summed E-state index contributed by atoms with van der Waals surface area (Å²) in [7, 11) is 1.82. The zero-order chi connectivity index (χ0) is 55.6. The van der Waals surface area contributed by atoms with Crippen LogP contribution in [-0.4, -0.2) is 155 Å². The molecule has 22 atom stereocenters. The average molecular weight is 1090 g/mol. The van der Waals surface area contributed by atoms with E-state index in [9.17, 15) is 45.6 Å². The van der Waals surface area contributed by atoms with E-state index in [0.717, 1.165) is 49.9 Å². The predicted molar refractivity (Wildman–Crippen MR) is 285 cm³/mol. The predicted octanol–water partition coefficient (Wildman–Crippen LogP) is 3.64. The number of carbonyl (C=O) groups excluding carboxylic acids is 1. The third-order valence-electron chi connectivity index (χ3n) is 24.9. The van der Waals surface area contributed by atoms with Crippen molar-refractivity contribution in [2.45, 2.75) is 192 Å². The molecule has 19 heteroatoms. The van der Waals surface area contributed by atoms with Gasteiger partial charge in [-0.25, -0.2) is 9.97 Å². The van der Waals surface area contributed by atoms with E-state index < -0.39 is 110 Å². The monoisotopic (exact) mass is 1090 g/mol. The van der Waals surface area contributed by atoms with Gasteiger partial charge in [-0.3, -0.25) is 9.59 Å². The van der Waals surface area contributed by atoms with Crippen molar-refractivity contribution in [3.8, 4) is 0 Å². The van der Waals surface area contributed by atoms with Crippen molar-refractivity contribution >= 4 is 11.9 Å². The molecule has 4 heterocycles. The average Bonchev–Trinajstić information content (AvgIpc) is 1.61. The van der Waals surface area contributed by atoms with E-state index >= 15 is 4.79 Å². The maximum absolute atomic E-state index is 15.2. The highest BCUT2D eigenvalue weighted by Gasteiger charge is 2.81. The number of hydrogen-bond donors (Lipinski definition) is 13. The molecule has 2 spiro atoms. The van der Waals surface area contributed by atoms with Gasteiger partial charge in [-0.15, -0.1) is 0 Å². The molecule has 2 saturated heterocycles. The maximum Gasteiger partial charge on any atom is 0.310 e. The first-order valence-corrected chi connectivity index (χ1v) is 29.6. The van der Waals surface area contributed by atoms with Crippen molar-refractivity contribution in [2.24, 2.45) is 84.6 Å². The number of carboxylic acid groups (broad SMARTS) is 1. The van der Waals surface area contributed by atoms with Crippen molar-refractivity contribution in [1.29, 1.82) is 0 Å². The highest BCUT2D eigenvalue weighted by atomic mass is 16.7. The van der Waals surface area contributed by atoms with E-state index in [4.69, 9.17) is 15.2 Å². The van der Waals surface area contributed by atoms with Gasteiger partial charge in [0.15, 0.2) is 6.29 Å². The smallest absolute Gasteiger partial charge is 0.310 e. The van der Waals surface area contributed by atoms with E-state index in [-0.39, 0.29) is 55.3 Å².